The summed E-state index contributed by atoms with van der Waals surface area (Å²) in [4.78, 5) is 24.5. The number of hydrogen-bond acceptors (Lipinski definition) is 5. The third-order valence-electron chi connectivity index (χ3n) is 8.33. The average molecular weight is 775 g/mol. The second-order valence-electron chi connectivity index (χ2n) is 14.1. The number of unbranched alkanes of at least 4 members (excludes halogenated alkanes) is 18. The van der Waals surface area contributed by atoms with Crippen molar-refractivity contribution in [3.8, 4) is 0 Å². The molecule has 0 saturated carbocycles. The van der Waals surface area contributed by atoms with Gasteiger partial charge in [-0.3, -0.25) is 0 Å². The molecule has 0 saturated heterocycles. The molecule has 0 aromatic carbocycles. The number of quaternary nitrogens is 2. The summed E-state index contributed by atoms with van der Waals surface area (Å²) < 4.78 is 17.6. The van der Waals surface area contributed by atoms with Gasteiger partial charge >= 0.3 is 11.9 Å². The maximum absolute atomic E-state index is 12.3. The van der Waals surface area contributed by atoms with Crippen molar-refractivity contribution in [1.29, 1.82) is 0 Å². The molecule has 0 spiro atoms. The summed E-state index contributed by atoms with van der Waals surface area (Å²) in [6.07, 6.45) is 26.4. The number of halogens is 2. The van der Waals surface area contributed by atoms with Crippen LogP contribution in [-0.2, 0) is 23.8 Å². The van der Waals surface area contributed by atoms with E-state index >= 15 is 0 Å². The number of esters is 2. The fourth-order valence-electron chi connectivity index (χ4n) is 5.53. The number of nitrogens with zero attached hydrogens (tertiary/aromatic N) is 2. The van der Waals surface area contributed by atoms with Crippen LogP contribution in [0.1, 0.15) is 142 Å². The van der Waals surface area contributed by atoms with Crippen molar-refractivity contribution in [2.75, 3.05) is 80.8 Å². The Hall–Kier alpha value is -0.220. The number of rotatable bonds is 32. The molecule has 0 radical (unpaired) electrons. The van der Waals surface area contributed by atoms with Crippen molar-refractivity contribution < 1.29 is 66.7 Å². The lowest BCUT2D eigenvalue weighted by molar-refractivity contribution is -0.883. The van der Waals surface area contributed by atoms with Gasteiger partial charge in [0.2, 0.25) is 0 Å². The molecule has 0 fully saturated rings. The minimum absolute atomic E-state index is 0. The molecule has 0 aliphatic heterocycles. The highest BCUT2D eigenvalue weighted by Crippen LogP contribution is 2.13. The van der Waals surface area contributed by atoms with Crippen LogP contribution in [-0.4, -0.2) is 102 Å². The standard InChI is InChI=1S/C36H74N2O5.2BrH/c1-7-9-11-13-15-17-19-21-23-25-27-37(3,4)33-35(39)42-31-29-41-30-32-43-36(40)34-38(5,6)28-26-24-22-20-18-16-14-12-10-8-2;;/h7-34H2,1-6H3;2*1H/q+2;;/p-2. The molecule has 0 bridgehead atoms. The maximum Gasteiger partial charge on any atom is 0.361 e. The van der Waals surface area contributed by atoms with Gasteiger partial charge in [-0.2, -0.15) is 0 Å². The molecule has 7 nitrogen and oxygen atoms in total. The number of hydrogen-bond donors (Lipinski definition) is 0. The quantitative estimate of drug-likeness (QED) is 0.0596. The van der Waals surface area contributed by atoms with E-state index in [1.54, 1.807) is 0 Å². The third kappa shape index (κ3) is 36.5. The van der Waals surface area contributed by atoms with E-state index in [2.05, 4.69) is 42.0 Å². The van der Waals surface area contributed by atoms with Crippen molar-refractivity contribution in [3.05, 3.63) is 0 Å². The molecule has 45 heavy (non-hydrogen) atoms. The van der Waals surface area contributed by atoms with Gasteiger partial charge in [0.1, 0.15) is 13.2 Å². The Morgan fingerprint density at radius 1 is 0.422 bits per heavy atom. The lowest BCUT2D eigenvalue weighted by Crippen LogP contribution is -3.00. The van der Waals surface area contributed by atoms with Gasteiger partial charge in [0.05, 0.1) is 54.5 Å². The van der Waals surface area contributed by atoms with Crippen molar-refractivity contribution in [3.63, 3.8) is 0 Å². The highest BCUT2D eigenvalue weighted by Gasteiger charge is 2.21. The molecule has 0 aromatic heterocycles. The molecule has 0 aliphatic rings. The summed E-state index contributed by atoms with van der Waals surface area (Å²) in [5.74, 6) is -0.371. The molecule has 0 amide bonds. The molecule has 0 heterocycles. The van der Waals surface area contributed by atoms with Gasteiger partial charge in [0, 0.05) is 0 Å². The van der Waals surface area contributed by atoms with Gasteiger partial charge in [0.25, 0.3) is 0 Å². The Labute approximate surface area is 300 Å². The second kappa shape index (κ2) is 33.7. The normalized spacial score (nSPS) is 11.5. The van der Waals surface area contributed by atoms with E-state index in [-0.39, 0.29) is 59.1 Å². The van der Waals surface area contributed by atoms with Crippen LogP contribution in [0.3, 0.4) is 0 Å². The first-order chi connectivity index (χ1) is 20.6. The zero-order valence-corrected chi connectivity index (χ0v) is 33.7. The van der Waals surface area contributed by atoms with Crippen LogP contribution in [0.4, 0.5) is 0 Å². The predicted octanol–water partition coefficient (Wildman–Crippen LogP) is 2.09. The van der Waals surface area contributed by atoms with Crippen molar-refractivity contribution in [2.45, 2.75) is 142 Å². The first-order valence-electron chi connectivity index (χ1n) is 18.1. The van der Waals surface area contributed by atoms with Crippen LogP contribution in [0.15, 0.2) is 0 Å². The van der Waals surface area contributed by atoms with Gasteiger partial charge in [0.15, 0.2) is 13.1 Å². The topological polar surface area (TPSA) is 61.8 Å². The van der Waals surface area contributed by atoms with Crippen molar-refractivity contribution in [2.24, 2.45) is 0 Å². The van der Waals surface area contributed by atoms with Gasteiger partial charge in [-0.1, -0.05) is 117 Å². The fourth-order valence-corrected chi connectivity index (χ4v) is 5.53. The molecule has 272 valence electrons. The van der Waals surface area contributed by atoms with E-state index in [0.717, 1.165) is 25.9 Å². The lowest BCUT2D eigenvalue weighted by Gasteiger charge is -2.28. The number of carbonyl (C=O) groups excluding carboxylic acids is 2. The summed E-state index contributed by atoms with van der Waals surface area (Å²) in [6, 6.07) is 0. The Morgan fingerprint density at radius 3 is 0.978 bits per heavy atom. The number of carbonyl (C=O) groups is 2. The monoisotopic (exact) mass is 772 g/mol. The largest absolute Gasteiger partial charge is 1.00 e. The minimum atomic E-state index is -0.186. The Morgan fingerprint density at radius 2 is 0.689 bits per heavy atom. The Kier molecular flexibility index (Phi) is 36.8. The molecule has 9 heteroatoms. The third-order valence-corrected chi connectivity index (χ3v) is 8.33. The van der Waals surface area contributed by atoms with Gasteiger partial charge in [-0.25, -0.2) is 9.59 Å². The molecule has 0 atom stereocenters. The van der Waals surface area contributed by atoms with Crippen molar-refractivity contribution in [1.82, 2.24) is 0 Å². The average Bonchev–Trinajstić information content (AvgIpc) is 2.94. The molecular weight excluding hydrogens is 700 g/mol. The summed E-state index contributed by atoms with van der Waals surface area (Å²) in [6.45, 7) is 8.34. The number of likely N-dealkylation sites (N-methyl/N-ethyl adjacent to an activating group) is 2. The molecular formula is C36H74Br2N2O5. The predicted molar refractivity (Wildman–Crippen MR) is 180 cm³/mol. The Bertz CT molecular complexity index is 611. The van der Waals surface area contributed by atoms with E-state index in [0.29, 0.717) is 35.3 Å². The van der Waals surface area contributed by atoms with E-state index < -0.39 is 0 Å². The molecule has 0 aliphatic carbocycles. The highest BCUT2D eigenvalue weighted by molar-refractivity contribution is 5.70. The zero-order valence-electron chi connectivity index (χ0n) is 30.5. The van der Waals surface area contributed by atoms with Crippen LogP contribution in [0.25, 0.3) is 0 Å². The summed E-state index contributed by atoms with van der Waals surface area (Å²) in [5, 5.41) is 0. The van der Waals surface area contributed by atoms with Crippen molar-refractivity contribution >= 4 is 11.9 Å². The minimum Gasteiger partial charge on any atom is -1.00 e. The van der Waals surface area contributed by atoms with Crippen LogP contribution >= 0.6 is 0 Å². The van der Waals surface area contributed by atoms with E-state index in [1.807, 2.05) is 0 Å². The van der Waals surface area contributed by atoms with Gasteiger partial charge in [-0.05, 0) is 25.7 Å². The lowest BCUT2D eigenvalue weighted by atomic mass is 10.1. The first-order valence-corrected chi connectivity index (χ1v) is 18.1. The van der Waals surface area contributed by atoms with Gasteiger partial charge < -0.3 is 57.1 Å². The van der Waals surface area contributed by atoms with Crippen LogP contribution in [0.2, 0.25) is 0 Å². The first kappa shape index (κ1) is 49.2. The second-order valence-corrected chi connectivity index (χ2v) is 14.1. The summed E-state index contributed by atoms with van der Waals surface area (Å²) in [7, 11) is 8.38. The smallest absolute Gasteiger partial charge is 0.361 e. The molecule has 0 N–H and O–H groups in total. The zero-order chi connectivity index (χ0) is 32.1. The van der Waals surface area contributed by atoms with E-state index in [1.165, 1.54) is 116 Å². The molecule has 0 aromatic rings. The summed E-state index contributed by atoms with van der Waals surface area (Å²) in [5.41, 5.74) is 0. The maximum atomic E-state index is 12.3. The number of ether oxygens (including phenoxy) is 3. The fraction of sp³-hybridized carbons (Fsp3) is 0.944. The summed E-state index contributed by atoms with van der Waals surface area (Å²) >= 11 is 0. The van der Waals surface area contributed by atoms with E-state index in [9.17, 15) is 9.59 Å². The van der Waals surface area contributed by atoms with Gasteiger partial charge in [-0.15, -0.1) is 0 Å². The van der Waals surface area contributed by atoms with E-state index in [4.69, 9.17) is 14.2 Å². The van der Waals surface area contributed by atoms with Crippen LogP contribution in [0, 0.1) is 0 Å². The Balaban J connectivity index is -0.00000882. The molecule has 0 rings (SSSR count). The molecule has 0 unspecified atom stereocenters. The van der Waals surface area contributed by atoms with Crippen LogP contribution in [0.5, 0.6) is 0 Å². The SMILES string of the molecule is CCCCCCCCCCCC[N+](C)(C)CC(=O)OCCOCCOC(=O)C[N+](C)(C)CCCCCCCCCCCC.[Br-].[Br-]. The highest BCUT2D eigenvalue weighted by atomic mass is 79.9. The van der Waals surface area contributed by atoms with Crippen LogP contribution < -0.4 is 34.0 Å².